The second-order valence-electron chi connectivity index (χ2n) is 4.19. The van der Waals surface area contributed by atoms with Crippen molar-refractivity contribution in [2.24, 2.45) is 0 Å². The Morgan fingerprint density at radius 2 is 2.29 bits per heavy atom. The van der Waals surface area contributed by atoms with Gasteiger partial charge in [-0.2, -0.15) is 4.68 Å². The van der Waals surface area contributed by atoms with Crippen molar-refractivity contribution in [3.8, 4) is 5.69 Å². The monoisotopic (exact) mass is 301 g/mol. The van der Waals surface area contributed by atoms with Gasteiger partial charge in [0, 0.05) is 6.20 Å². The summed E-state index contributed by atoms with van der Waals surface area (Å²) in [5.41, 5.74) is 1.30. The highest BCUT2D eigenvalue weighted by Crippen LogP contribution is 2.24. The third kappa shape index (κ3) is 2.79. The third-order valence-corrected chi connectivity index (χ3v) is 3.70. The molecule has 3 aromatic rings. The van der Waals surface area contributed by atoms with E-state index in [9.17, 15) is 4.79 Å². The first-order chi connectivity index (χ1) is 10.3. The molecule has 0 amide bonds. The number of tetrazole rings is 1. The average Bonchev–Trinajstić information content (AvgIpc) is 3.18. The fourth-order valence-electron chi connectivity index (χ4n) is 1.80. The van der Waals surface area contributed by atoms with Gasteiger partial charge in [-0.05, 0) is 40.9 Å². The highest BCUT2D eigenvalue weighted by atomic mass is 32.1. The minimum atomic E-state index is -0.428. The highest BCUT2D eigenvalue weighted by molar-refractivity contribution is 7.12. The number of ether oxygens (including phenoxy) is 1. The molecule has 1 unspecified atom stereocenters. The molecular weight excluding hydrogens is 290 g/mol. The van der Waals surface area contributed by atoms with Gasteiger partial charge < -0.3 is 4.74 Å². The Morgan fingerprint density at radius 3 is 3.00 bits per heavy atom. The van der Waals surface area contributed by atoms with E-state index in [4.69, 9.17) is 4.74 Å². The fraction of sp³-hybridized carbons (Fsp3) is 0.154. The number of rotatable bonds is 4. The fourth-order valence-corrected chi connectivity index (χ4v) is 2.56. The number of aromatic nitrogens is 5. The van der Waals surface area contributed by atoms with Crippen LogP contribution < -0.4 is 0 Å². The molecule has 0 aliphatic carbocycles. The summed E-state index contributed by atoms with van der Waals surface area (Å²) < 4.78 is 6.88. The summed E-state index contributed by atoms with van der Waals surface area (Å²) in [6.45, 7) is 1.78. The molecule has 0 fully saturated rings. The molecule has 0 aliphatic rings. The number of carbonyl (C=O) groups excluding carboxylic acids is 1. The van der Waals surface area contributed by atoms with E-state index < -0.39 is 12.1 Å². The third-order valence-electron chi connectivity index (χ3n) is 2.81. The molecular formula is C13H11N5O2S. The molecule has 0 spiro atoms. The maximum atomic E-state index is 12.3. The lowest BCUT2D eigenvalue weighted by atomic mass is 10.2. The van der Waals surface area contributed by atoms with Gasteiger partial charge in [-0.3, -0.25) is 4.98 Å². The van der Waals surface area contributed by atoms with Crippen LogP contribution in [-0.2, 0) is 4.74 Å². The van der Waals surface area contributed by atoms with Gasteiger partial charge in [0.1, 0.15) is 17.3 Å². The number of nitrogens with zero attached hydrogens (tertiary/aromatic N) is 5. The molecule has 3 heterocycles. The summed E-state index contributed by atoms with van der Waals surface area (Å²) in [6.07, 6.45) is 2.67. The molecule has 21 heavy (non-hydrogen) atoms. The Labute approximate surface area is 124 Å². The van der Waals surface area contributed by atoms with Crippen LogP contribution in [0.2, 0.25) is 0 Å². The first-order valence-corrected chi connectivity index (χ1v) is 7.06. The molecule has 1 atom stereocenters. The SMILES string of the molecule is CC(OC(=O)c1sccc1-n1cnnn1)c1ccccn1. The van der Waals surface area contributed by atoms with E-state index in [0.717, 1.165) is 0 Å². The van der Waals surface area contributed by atoms with Gasteiger partial charge in [0.05, 0.1) is 11.4 Å². The second-order valence-corrected chi connectivity index (χ2v) is 5.11. The van der Waals surface area contributed by atoms with Crippen molar-refractivity contribution in [2.45, 2.75) is 13.0 Å². The topological polar surface area (TPSA) is 82.8 Å². The van der Waals surface area contributed by atoms with Crippen molar-refractivity contribution >= 4 is 17.3 Å². The van der Waals surface area contributed by atoms with E-state index in [2.05, 4.69) is 20.5 Å². The van der Waals surface area contributed by atoms with E-state index in [-0.39, 0.29) is 0 Å². The molecule has 0 N–H and O–H groups in total. The molecule has 8 heteroatoms. The molecule has 7 nitrogen and oxygen atoms in total. The van der Waals surface area contributed by atoms with E-state index in [1.807, 2.05) is 18.2 Å². The van der Waals surface area contributed by atoms with Gasteiger partial charge in [0.2, 0.25) is 0 Å². The van der Waals surface area contributed by atoms with Gasteiger partial charge in [0.15, 0.2) is 0 Å². The maximum absolute atomic E-state index is 12.3. The number of hydrogen-bond donors (Lipinski definition) is 0. The molecule has 0 bridgehead atoms. The van der Waals surface area contributed by atoms with Crippen molar-refractivity contribution in [1.29, 1.82) is 0 Å². The molecule has 0 saturated carbocycles. The summed E-state index contributed by atoms with van der Waals surface area (Å²) in [7, 11) is 0. The quantitative estimate of drug-likeness (QED) is 0.686. The lowest BCUT2D eigenvalue weighted by Gasteiger charge is -2.12. The van der Waals surface area contributed by atoms with Gasteiger partial charge in [-0.1, -0.05) is 6.07 Å². The standard InChI is InChI=1S/C13H11N5O2S/c1-9(10-4-2-3-6-14-10)20-13(19)12-11(5-7-21-12)18-8-15-16-17-18/h2-9H,1H3. The molecule has 0 saturated heterocycles. The normalized spacial score (nSPS) is 12.0. The Bertz CT molecular complexity index is 726. The van der Waals surface area contributed by atoms with Crippen LogP contribution in [0.4, 0.5) is 0 Å². The first kappa shape index (κ1) is 13.4. The Morgan fingerprint density at radius 1 is 1.38 bits per heavy atom. The minimum Gasteiger partial charge on any atom is -0.452 e. The second kappa shape index (κ2) is 5.80. The lowest BCUT2D eigenvalue weighted by Crippen LogP contribution is -2.11. The zero-order chi connectivity index (χ0) is 14.7. The van der Waals surface area contributed by atoms with Crippen LogP contribution in [0.25, 0.3) is 5.69 Å². The van der Waals surface area contributed by atoms with Crippen molar-refractivity contribution in [1.82, 2.24) is 25.2 Å². The van der Waals surface area contributed by atoms with Gasteiger partial charge in [-0.25, -0.2) is 4.79 Å². The molecule has 3 rings (SSSR count). The summed E-state index contributed by atoms with van der Waals surface area (Å²) in [5, 5.41) is 12.7. The summed E-state index contributed by atoms with van der Waals surface area (Å²) in [5.74, 6) is -0.423. The smallest absolute Gasteiger partial charge is 0.351 e. The lowest BCUT2D eigenvalue weighted by molar-refractivity contribution is 0.0335. The number of esters is 1. The van der Waals surface area contributed by atoms with Gasteiger partial charge in [-0.15, -0.1) is 16.4 Å². The van der Waals surface area contributed by atoms with Crippen molar-refractivity contribution in [3.05, 3.63) is 52.7 Å². The van der Waals surface area contributed by atoms with Crippen LogP contribution in [0.15, 0.2) is 42.2 Å². The molecule has 0 aliphatic heterocycles. The highest BCUT2D eigenvalue weighted by Gasteiger charge is 2.20. The Hall–Kier alpha value is -2.61. The van der Waals surface area contributed by atoms with E-state index in [1.165, 1.54) is 22.3 Å². The van der Waals surface area contributed by atoms with Gasteiger partial charge >= 0.3 is 5.97 Å². The maximum Gasteiger partial charge on any atom is 0.351 e. The zero-order valence-electron chi connectivity index (χ0n) is 11.1. The predicted molar refractivity (Wildman–Crippen MR) is 75.1 cm³/mol. The molecule has 0 radical (unpaired) electrons. The van der Waals surface area contributed by atoms with E-state index in [1.54, 1.807) is 24.6 Å². The minimum absolute atomic E-state index is 0.423. The van der Waals surface area contributed by atoms with E-state index in [0.29, 0.717) is 16.3 Å². The average molecular weight is 301 g/mol. The Balaban J connectivity index is 1.79. The molecule has 0 aromatic carbocycles. The van der Waals surface area contributed by atoms with Crippen LogP contribution >= 0.6 is 11.3 Å². The number of carbonyl (C=O) groups is 1. The molecule has 3 aromatic heterocycles. The van der Waals surface area contributed by atoms with Crippen LogP contribution in [0.5, 0.6) is 0 Å². The number of thiophene rings is 1. The first-order valence-electron chi connectivity index (χ1n) is 6.18. The number of pyridine rings is 1. The Kier molecular flexibility index (Phi) is 3.69. The van der Waals surface area contributed by atoms with Gasteiger partial charge in [0.25, 0.3) is 0 Å². The summed E-state index contributed by atoms with van der Waals surface area (Å²) in [4.78, 5) is 16.9. The van der Waals surface area contributed by atoms with Crippen LogP contribution in [0.1, 0.15) is 28.4 Å². The van der Waals surface area contributed by atoms with Crippen LogP contribution in [0, 0.1) is 0 Å². The zero-order valence-corrected chi connectivity index (χ0v) is 11.9. The van der Waals surface area contributed by atoms with Crippen molar-refractivity contribution in [2.75, 3.05) is 0 Å². The summed E-state index contributed by atoms with van der Waals surface area (Å²) in [6, 6.07) is 7.25. The largest absolute Gasteiger partial charge is 0.452 e. The molecule has 106 valence electrons. The van der Waals surface area contributed by atoms with Crippen LogP contribution in [-0.4, -0.2) is 31.2 Å². The van der Waals surface area contributed by atoms with Crippen molar-refractivity contribution < 1.29 is 9.53 Å². The predicted octanol–water partition coefficient (Wildman–Crippen LogP) is 2.04. The number of hydrogen-bond acceptors (Lipinski definition) is 7. The van der Waals surface area contributed by atoms with E-state index >= 15 is 0 Å². The summed E-state index contributed by atoms with van der Waals surface area (Å²) >= 11 is 1.28. The van der Waals surface area contributed by atoms with Crippen molar-refractivity contribution in [3.63, 3.8) is 0 Å². The van der Waals surface area contributed by atoms with Crippen LogP contribution in [0.3, 0.4) is 0 Å².